The second-order valence-corrected chi connectivity index (χ2v) is 11.3. The monoisotopic (exact) mass is 572 g/mol. The van der Waals surface area contributed by atoms with Crippen LogP contribution in [0.5, 0.6) is 11.5 Å². The number of phenols is 2. The molecule has 0 spiro atoms. The number of ether oxygens (including phenoxy) is 3. The minimum absolute atomic E-state index is 0.0584. The Morgan fingerprint density at radius 3 is 2.17 bits per heavy atom. The van der Waals surface area contributed by atoms with Gasteiger partial charge in [0.25, 0.3) is 0 Å². The fourth-order valence-corrected chi connectivity index (χ4v) is 6.38. The number of benzene rings is 3. The Labute approximate surface area is 242 Å². The summed E-state index contributed by atoms with van der Waals surface area (Å²) < 4.78 is 18.3. The van der Waals surface area contributed by atoms with Crippen molar-refractivity contribution in [3.8, 4) is 11.5 Å². The number of aliphatic hydroxyl groups excluding tert-OH is 1. The number of fused-ring (bicyclic) bond motifs is 3. The molecule has 3 N–H and O–H groups in total. The van der Waals surface area contributed by atoms with E-state index in [1.807, 2.05) is 30.3 Å². The zero-order valence-electron chi connectivity index (χ0n) is 23.3. The van der Waals surface area contributed by atoms with Crippen molar-refractivity contribution in [2.75, 3.05) is 0 Å². The quantitative estimate of drug-likeness (QED) is 0.291. The molecule has 1 fully saturated rings. The lowest BCUT2D eigenvalue weighted by molar-refractivity contribution is -0.271. The minimum Gasteiger partial charge on any atom is -0.507 e. The van der Waals surface area contributed by atoms with Crippen LogP contribution in [-0.4, -0.2) is 57.3 Å². The van der Waals surface area contributed by atoms with Crippen LogP contribution < -0.4 is 0 Å². The molecule has 9 nitrogen and oxygen atoms in total. The standard InChI is InChI=1S/C33H32O9/c1-16(34)19-12-22-26(32(39)28-27(31(22)38)29(36)20-10-6-7-11-21(20)30(28)37)24(13-19)42-25-14-23(35)33(17(2)41-25)40-15-18-8-4-3-5-9-18/h3-11,17,19,23-25,33,35,38-39H,12-15H2,1-2H3/t17?,19-,23?,24?,25?,33?/m1/s1. The van der Waals surface area contributed by atoms with E-state index in [0.717, 1.165) is 5.56 Å². The van der Waals surface area contributed by atoms with Gasteiger partial charge in [0, 0.05) is 34.6 Å². The second-order valence-electron chi connectivity index (χ2n) is 11.3. The lowest BCUT2D eigenvalue weighted by Crippen LogP contribution is -2.49. The molecule has 218 valence electrons. The Kier molecular flexibility index (Phi) is 7.44. The van der Waals surface area contributed by atoms with Gasteiger partial charge < -0.3 is 29.5 Å². The number of aliphatic hydroxyl groups is 1. The molecule has 3 aromatic carbocycles. The number of phenolic OH excluding ortho intramolecular Hbond substituents is 2. The van der Waals surface area contributed by atoms with Crippen molar-refractivity contribution in [1.82, 2.24) is 0 Å². The topological polar surface area (TPSA) is 140 Å². The van der Waals surface area contributed by atoms with E-state index in [1.165, 1.54) is 19.1 Å². The molecule has 5 unspecified atom stereocenters. The summed E-state index contributed by atoms with van der Waals surface area (Å²) in [6, 6.07) is 15.8. The first-order valence-corrected chi connectivity index (χ1v) is 14.1. The third kappa shape index (κ3) is 4.82. The van der Waals surface area contributed by atoms with Crippen LogP contribution in [0, 0.1) is 5.92 Å². The summed E-state index contributed by atoms with van der Waals surface area (Å²) in [5, 5.41) is 33.8. The van der Waals surface area contributed by atoms with Crippen LogP contribution in [0.4, 0.5) is 0 Å². The Hall–Kier alpha value is -3.89. The first kappa shape index (κ1) is 28.2. The van der Waals surface area contributed by atoms with Crippen LogP contribution in [0.1, 0.15) is 81.3 Å². The van der Waals surface area contributed by atoms with Gasteiger partial charge in [0.05, 0.1) is 36.0 Å². The van der Waals surface area contributed by atoms with Crippen molar-refractivity contribution in [3.05, 3.63) is 93.5 Å². The van der Waals surface area contributed by atoms with Crippen LogP contribution in [0.25, 0.3) is 0 Å². The predicted molar refractivity (Wildman–Crippen MR) is 149 cm³/mol. The van der Waals surface area contributed by atoms with Gasteiger partial charge in [-0.15, -0.1) is 0 Å². The van der Waals surface area contributed by atoms with Crippen LogP contribution >= 0.6 is 0 Å². The highest BCUT2D eigenvalue weighted by atomic mass is 16.7. The molecule has 1 saturated heterocycles. The number of carbonyl (C=O) groups excluding carboxylic acids is 3. The molecule has 0 amide bonds. The fraction of sp³-hybridized carbons (Fsp3) is 0.364. The smallest absolute Gasteiger partial charge is 0.198 e. The number of hydrogen-bond donors (Lipinski definition) is 3. The molecule has 6 atom stereocenters. The van der Waals surface area contributed by atoms with E-state index in [-0.39, 0.29) is 58.4 Å². The predicted octanol–water partition coefficient (Wildman–Crippen LogP) is 4.16. The van der Waals surface area contributed by atoms with E-state index in [9.17, 15) is 29.7 Å². The van der Waals surface area contributed by atoms with E-state index in [0.29, 0.717) is 6.61 Å². The summed E-state index contributed by atoms with van der Waals surface area (Å²) in [4.78, 5) is 39.4. The normalized spacial score (nSPS) is 26.7. The van der Waals surface area contributed by atoms with Gasteiger partial charge in [-0.2, -0.15) is 0 Å². The van der Waals surface area contributed by atoms with E-state index < -0.39 is 59.7 Å². The molecule has 0 bridgehead atoms. The van der Waals surface area contributed by atoms with Crippen LogP contribution in [0.3, 0.4) is 0 Å². The van der Waals surface area contributed by atoms with Crippen molar-refractivity contribution in [2.24, 2.45) is 5.92 Å². The summed E-state index contributed by atoms with van der Waals surface area (Å²) in [6.07, 6.45) is -3.67. The molecule has 1 heterocycles. The summed E-state index contributed by atoms with van der Waals surface area (Å²) in [5.74, 6) is -2.76. The van der Waals surface area contributed by atoms with E-state index >= 15 is 0 Å². The van der Waals surface area contributed by atoms with E-state index in [1.54, 1.807) is 19.1 Å². The number of ketones is 3. The molecular weight excluding hydrogens is 540 g/mol. The zero-order valence-corrected chi connectivity index (χ0v) is 23.3. The molecule has 1 aliphatic heterocycles. The van der Waals surface area contributed by atoms with Gasteiger partial charge >= 0.3 is 0 Å². The van der Waals surface area contributed by atoms with Crippen molar-refractivity contribution < 1.29 is 43.9 Å². The van der Waals surface area contributed by atoms with Crippen molar-refractivity contribution in [3.63, 3.8) is 0 Å². The SMILES string of the molecule is CC(=O)[C@@H]1Cc2c(O)c3c(c(O)c2C(OC2CC(O)C(OCc4ccccc4)C(C)O2)C1)C(=O)c1ccccc1C3=O. The molecule has 42 heavy (non-hydrogen) atoms. The Morgan fingerprint density at radius 2 is 1.55 bits per heavy atom. The lowest BCUT2D eigenvalue weighted by Gasteiger charge is -2.41. The molecule has 9 heteroatoms. The van der Waals surface area contributed by atoms with Gasteiger partial charge in [0.15, 0.2) is 17.9 Å². The average molecular weight is 573 g/mol. The van der Waals surface area contributed by atoms with Crippen molar-refractivity contribution >= 4 is 17.3 Å². The highest BCUT2D eigenvalue weighted by Crippen LogP contribution is 2.51. The summed E-state index contributed by atoms with van der Waals surface area (Å²) in [5.41, 5.74) is 1.02. The van der Waals surface area contributed by atoms with Gasteiger partial charge in [-0.1, -0.05) is 54.6 Å². The third-order valence-corrected chi connectivity index (χ3v) is 8.55. The molecule has 2 aliphatic carbocycles. The summed E-state index contributed by atoms with van der Waals surface area (Å²) >= 11 is 0. The zero-order chi connectivity index (χ0) is 29.7. The Bertz CT molecular complexity index is 1550. The Balaban J connectivity index is 1.30. The average Bonchev–Trinajstić information content (AvgIpc) is 2.97. The maximum absolute atomic E-state index is 13.5. The minimum atomic E-state index is -0.954. The first-order chi connectivity index (χ1) is 20.2. The number of Topliss-reactive ketones (excluding diaryl/α,β-unsaturated/α-hetero) is 1. The molecule has 0 saturated carbocycles. The number of carbonyl (C=O) groups is 3. The highest BCUT2D eigenvalue weighted by molar-refractivity contribution is 6.30. The van der Waals surface area contributed by atoms with Crippen LogP contribution in [0.15, 0.2) is 54.6 Å². The largest absolute Gasteiger partial charge is 0.507 e. The molecule has 3 aliphatic rings. The second kappa shape index (κ2) is 11.1. The maximum atomic E-state index is 13.5. The molecule has 6 rings (SSSR count). The highest BCUT2D eigenvalue weighted by Gasteiger charge is 2.44. The van der Waals surface area contributed by atoms with Gasteiger partial charge in [0.1, 0.15) is 23.4 Å². The maximum Gasteiger partial charge on any atom is 0.198 e. The molecule has 3 aromatic rings. The summed E-state index contributed by atoms with van der Waals surface area (Å²) in [6.45, 7) is 3.50. The fourth-order valence-electron chi connectivity index (χ4n) is 6.38. The Morgan fingerprint density at radius 1 is 0.929 bits per heavy atom. The van der Waals surface area contributed by atoms with Crippen molar-refractivity contribution in [2.45, 2.75) is 70.4 Å². The van der Waals surface area contributed by atoms with E-state index in [4.69, 9.17) is 14.2 Å². The van der Waals surface area contributed by atoms with Crippen LogP contribution in [-0.2, 0) is 32.0 Å². The van der Waals surface area contributed by atoms with Gasteiger partial charge in [-0.05, 0) is 32.3 Å². The summed E-state index contributed by atoms with van der Waals surface area (Å²) in [7, 11) is 0. The van der Waals surface area contributed by atoms with Gasteiger partial charge in [0.2, 0.25) is 0 Å². The van der Waals surface area contributed by atoms with Gasteiger partial charge in [-0.25, -0.2) is 0 Å². The first-order valence-electron chi connectivity index (χ1n) is 14.1. The van der Waals surface area contributed by atoms with Crippen LogP contribution in [0.2, 0.25) is 0 Å². The molecule has 0 radical (unpaired) electrons. The van der Waals surface area contributed by atoms with Gasteiger partial charge in [-0.3, -0.25) is 14.4 Å². The van der Waals surface area contributed by atoms with E-state index in [2.05, 4.69) is 0 Å². The lowest BCUT2D eigenvalue weighted by atomic mass is 9.74. The third-order valence-electron chi connectivity index (χ3n) is 8.55. The number of hydrogen-bond acceptors (Lipinski definition) is 9. The number of rotatable bonds is 6. The molecule has 0 aromatic heterocycles. The molecular formula is C33H32O9. The van der Waals surface area contributed by atoms with Crippen molar-refractivity contribution in [1.29, 1.82) is 0 Å². The number of aromatic hydroxyl groups is 2.